The number of rotatable bonds is 10. The van der Waals surface area contributed by atoms with Crippen LogP contribution in [-0.4, -0.2) is 60.5 Å². The van der Waals surface area contributed by atoms with Crippen LogP contribution in [0.15, 0.2) is 65.6 Å². The number of benzene rings is 2. The lowest BCUT2D eigenvalue weighted by Crippen LogP contribution is -2.48. The first-order valence-electron chi connectivity index (χ1n) is 14.7. The summed E-state index contributed by atoms with van der Waals surface area (Å²) in [5, 5.41) is 34.7. The van der Waals surface area contributed by atoms with Gasteiger partial charge < -0.3 is 39.9 Å². The van der Waals surface area contributed by atoms with Crippen LogP contribution in [0.4, 0.5) is 0 Å². The first-order chi connectivity index (χ1) is 20.9. The summed E-state index contributed by atoms with van der Waals surface area (Å²) >= 11 is 0. The molecule has 224 valence electrons. The van der Waals surface area contributed by atoms with Crippen LogP contribution in [-0.2, 0) is 11.2 Å². The summed E-state index contributed by atoms with van der Waals surface area (Å²) in [6.45, 7) is 0.0267. The number of aromatic amines is 1. The Morgan fingerprint density at radius 1 is 1.09 bits per heavy atom. The first-order valence-corrected chi connectivity index (χ1v) is 14.7. The van der Waals surface area contributed by atoms with Crippen molar-refractivity contribution in [3.8, 4) is 17.1 Å². The van der Waals surface area contributed by atoms with E-state index in [1.54, 1.807) is 49.1 Å². The van der Waals surface area contributed by atoms with Crippen LogP contribution < -0.4 is 10.6 Å². The van der Waals surface area contributed by atoms with Crippen molar-refractivity contribution in [2.75, 3.05) is 6.54 Å². The molecule has 0 radical (unpaired) electrons. The highest BCUT2D eigenvalue weighted by Gasteiger charge is 2.26. The molecule has 11 nitrogen and oxygen atoms in total. The van der Waals surface area contributed by atoms with E-state index >= 15 is 0 Å². The molecule has 2 amide bonds. The maximum Gasteiger partial charge on any atom is 0.252 e. The summed E-state index contributed by atoms with van der Waals surface area (Å²) in [5.74, 6) is -0.0115. The van der Waals surface area contributed by atoms with Crippen molar-refractivity contribution in [1.82, 2.24) is 25.2 Å². The second-order valence-corrected chi connectivity index (χ2v) is 11.1. The molecule has 1 fully saturated rings. The van der Waals surface area contributed by atoms with E-state index in [-0.39, 0.29) is 25.1 Å². The van der Waals surface area contributed by atoms with Gasteiger partial charge in [0.2, 0.25) is 5.91 Å². The number of phenols is 1. The Balaban J connectivity index is 1.29. The van der Waals surface area contributed by atoms with Crippen molar-refractivity contribution in [1.29, 1.82) is 0 Å². The molecule has 6 N–H and O–H groups in total. The average Bonchev–Trinajstić information content (AvgIpc) is 3.75. The molecule has 0 aliphatic heterocycles. The van der Waals surface area contributed by atoms with Crippen LogP contribution in [0, 0.1) is 0 Å². The van der Waals surface area contributed by atoms with E-state index in [1.165, 1.54) is 6.42 Å². The van der Waals surface area contributed by atoms with Gasteiger partial charge in [-0.3, -0.25) is 9.59 Å². The molecule has 43 heavy (non-hydrogen) atoms. The number of fused-ring (bicyclic) bond motifs is 2. The van der Waals surface area contributed by atoms with Gasteiger partial charge in [0, 0.05) is 48.1 Å². The van der Waals surface area contributed by atoms with E-state index in [2.05, 4.69) is 20.2 Å². The Hall–Kier alpha value is -4.61. The summed E-state index contributed by atoms with van der Waals surface area (Å²) in [6, 6.07) is 11.5. The van der Waals surface area contributed by atoms with E-state index in [9.17, 15) is 24.9 Å². The van der Waals surface area contributed by atoms with Crippen molar-refractivity contribution in [2.24, 2.45) is 0 Å². The zero-order valence-corrected chi connectivity index (χ0v) is 23.6. The summed E-state index contributed by atoms with van der Waals surface area (Å²) < 4.78 is 7.62. The van der Waals surface area contributed by atoms with E-state index in [0.29, 0.717) is 17.1 Å². The number of nitrogens with one attached hydrogen (secondary N) is 3. The number of H-pyrrole nitrogens is 1. The largest absolute Gasteiger partial charge is 0.508 e. The minimum atomic E-state index is -1.56. The van der Waals surface area contributed by atoms with Crippen LogP contribution in [0.2, 0.25) is 0 Å². The van der Waals surface area contributed by atoms with Gasteiger partial charge in [0.15, 0.2) is 6.29 Å². The number of carbonyl (C=O) groups excluding carboxylic acids is 2. The number of imidazole rings is 1. The Bertz CT molecular complexity index is 1730. The second kappa shape index (κ2) is 12.3. The lowest BCUT2D eigenvalue weighted by Gasteiger charge is -2.25. The van der Waals surface area contributed by atoms with Gasteiger partial charge in [-0.1, -0.05) is 19.3 Å². The van der Waals surface area contributed by atoms with Crippen molar-refractivity contribution >= 4 is 33.8 Å². The normalized spacial score (nSPS) is 14.9. The molecule has 1 saturated carbocycles. The van der Waals surface area contributed by atoms with Gasteiger partial charge in [-0.05, 0) is 60.9 Å². The van der Waals surface area contributed by atoms with Gasteiger partial charge in [-0.25, -0.2) is 4.98 Å². The van der Waals surface area contributed by atoms with Gasteiger partial charge in [0.1, 0.15) is 23.9 Å². The molecule has 0 spiro atoms. The fourth-order valence-corrected chi connectivity index (χ4v) is 6.00. The molecular formula is C32H35N5O6. The molecule has 6 rings (SSSR count). The highest BCUT2D eigenvalue weighted by molar-refractivity contribution is 6.00. The lowest BCUT2D eigenvalue weighted by atomic mass is 9.95. The number of aliphatic hydroxyl groups excluding tert-OH is 1. The molecular weight excluding hydrogens is 550 g/mol. The van der Waals surface area contributed by atoms with Gasteiger partial charge in [-0.2, -0.15) is 0 Å². The fraction of sp³-hybridized carbons (Fsp3) is 0.344. The molecule has 0 unspecified atom stereocenters. The average molecular weight is 586 g/mol. The number of nitrogens with zero attached hydrogens (tertiary/aromatic N) is 2. The maximum absolute atomic E-state index is 13.6. The summed E-state index contributed by atoms with van der Waals surface area (Å²) in [4.78, 5) is 34.8. The highest BCUT2D eigenvalue weighted by Crippen LogP contribution is 2.36. The molecule has 3 heterocycles. The highest BCUT2D eigenvalue weighted by atomic mass is 16.5. The molecule has 1 aliphatic carbocycles. The number of aromatic hydroxyl groups is 1. The van der Waals surface area contributed by atoms with Crippen LogP contribution in [0.25, 0.3) is 33.3 Å². The van der Waals surface area contributed by atoms with Crippen molar-refractivity contribution in [3.05, 3.63) is 72.3 Å². The number of amides is 2. The number of hydrogen-bond donors (Lipinski definition) is 6. The third kappa shape index (κ3) is 6.13. The second-order valence-electron chi connectivity index (χ2n) is 11.1. The van der Waals surface area contributed by atoms with Crippen molar-refractivity contribution < 1.29 is 29.3 Å². The van der Waals surface area contributed by atoms with Crippen LogP contribution >= 0.6 is 0 Å². The molecule has 0 bridgehead atoms. The monoisotopic (exact) mass is 585 g/mol. The van der Waals surface area contributed by atoms with E-state index < -0.39 is 24.1 Å². The van der Waals surface area contributed by atoms with Gasteiger partial charge in [-0.15, -0.1) is 0 Å². The quantitative estimate of drug-likeness (QED) is 0.134. The third-order valence-electron chi connectivity index (χ3n) is 8.17. The minimum Gasteiger partial charge on any atom is -0.508 e. The van der Waals surface area contributed by atoms with E-state index in [0.717, 1.165) is 59.1 Å². The van der Waals surface area contributed by atoms with Gasteiger partial charge in [0.25, 0.3) is 5.91 Å². The number of carbonyl (C=O) groups is 2. The number of phenolic OH excluding ortho intramolecular Hbond substituents is 1. The van der Waals surface area contributed by atoms with Gasteiger partial charge in [0.05, 0.1) is 22.9 Å². The first kappa shape index (κ1) is 28.5. The van der Waals surface area contributed by atoms with Crippen molar-refractivity contribution in [3.63, 3.8) is 0 Å². The minimum absolute atomic E-state index is 0.0267. The Kier molecular flexibility index (Phi) is 8.17. The van der Waals surface area contributed by atoms with E-state index in [4.69, 9.17) is 9.40 Å². The topological polar surface area (TPSA) is 166 Å². The number of aliphatic hydroxyl groups is 2. The molecule has 1 aliphatic rings. The predicted molar refractivity (Wildman–Crippen MR) is 160 cm³/mol. The zero-order valence-electron chi connectivity index (χ0n) is 23.6. The molecule has 5 aromatic rings. The third-order valence-corrected chi connectivity index (χ3v) is 8.17. The Morgan fingerprint density at radius 2 is 1.93 bits per heavy atom. The molecule has 11 heteroatoms. The van der Waals surface area contributed by atoms with E-state index in [1.807, 2.05) is 12.1 Å². The Morgan fingerprint density at radius 3 is 2.70 bits per heavy atom. The SMILES string of the molecule is O=C(N[C@@H](Cc1c[nH]c2ccc(O)cc12)C(=O)NCCC(O)O)c1ccc2c(c1)nc(-c1ccoc1)n2C1CCCCC1. The number of aromatic nitrogens is 3. The molecule has 3 aromatic heterocycles. The number of hydrogen-bond acceptors (Lipinski definition) is 7. The van der Waals surface area contributed by atoms with Gasteiger partial charge >= 0.3 is 0 Å². The van der Waals surface area contributed by atoms with Crippen LogP contribution in [0.5, 0.6) is 5.75 Å². The molecule has 0 saturated heterocycles. The molecule has 2 aromatic carbocycles. The summed E-state index contributed by atoms with van der Waals surface area (Å²) in [7, 11) is 0. The Labute approximate surface area is 247 Å². The smallest absolute Gasteiger partial charge is 0.252 e. The van der Waals surface area contributed by atoms with Crippen LogP contribution in [0.3, 0.4) is 0 Å². The zero-order chi connectivity index (χ0) is 29.9. The van der Waals surface area contributed by atoms with Crippen LogP contribution in [0.1, 0.15) is 60.5 Å². The van der Waals surface area contributed by atoms with Crippen molar-refractivity contribution in [2.45, 2.75) is 63.3 Å². The predicted octanol–water partition coefficient (Wildman–Crippen LogP) is 4.15. The maximum atomic E-state index is 13.6. The summed E-state index contributed by atoms with van der Waals surface area (Å²) in [6.07, 6.45) is 9.26. The standard InChI is InChI=1S/C32H35N5O6/c38-23-7-8-25-24(16-23)21(17-34-25)15-27(32(42)33-12-10-29(39)40)36-31(41)19-6-9-28-26(14-19)35-30(20-11-13-43-18-20)37(28)22-4-2-1-3-5-22/h6-9,11,13-14,16-18,22,27,29,34,38-40H,1-5,10,12,15H2,(H,33,42)(H,36,41)/t27-/m0/s1. The fourth-order valence-electron chi connectivity index (χ4n) is 6.00. The number of furan rings is 1. The molecule has 1 atom stereocenters. The summed E-state index contributed by atoms with van der Waals surface area (Å²) in [5.41, 5.74) is 4.38. The lowest BCUT2D eigenvalue weighted by molar-refractivity contribution is -0.123.